The van der Waals surface area contributed by atoms with Crippen LogP contribution >= 0.6 is 0 Å². The van der Waals surface area contributed by atoms with Crippen LogP contribution in [0.25, 0.3) is 0 Å². The van der Waals surface area contributed by atoms with E-state index in [-0.39, 0.29) is 17.7 Å². The van der Waals surface area contributed by atoms with Gasteiger partial charge in [0.25, 0.3) is 5.91 Å². The summed E-state index contributed by atoms with van der Waals surface area (Å²) in [5.41, 5.74) is 0.573. The molecule has 1 amide bonds. The Kier molecular flexibility index (Phi) is 3.75. The number of hydrogen-bond donors (Lipinski definition) is 1. The van der Waals surface area contributed by atoms with Gasteiger partial charge in [0.15, 0.2) is 0 Å². The van der Waals surface area contributed by atoms with Crippen molar-refractivity contribution >= 4 is 11.9 Å². The van der Waals surface area contributed by atoms with Gasteiger partial charge in [-0.2, -0.15) is 0 Å². The lowest BCUT2D eigenvalue weighted by Crippen LogP contribution is -2.30. The van der Waals surface area contributed by atoms with E-state index in [0.29, 0.717) is 30.3 Å². The van der Waals surface area contributed by atoms with E-state index in [1.54, 1.807) is 11.8 Å². The number of hydrogen-bond acceptors (Lipinski definition) is 3. The van der Waals surface area contributed by atoms with Crippen LogP contribution in [-0.4, -0.2) is 35.0 Å². The van der Waals surface area contributed by atoms with E-state index >= 15 is 0 Å². The van der Waals surface area contributed by atoms with Crippen molar-refractivity contribution in [3.8, 4) is 0 Å². The normalized spacial score (nSPS) is 25.0. The summed E-state index contributed by atoms with van der Waals surface area (Å²) in [6.07, 6.45) is 2.19. The number of aliphatic carboxylic acids is 1. The fourth-order valence-electron chi connectivity index (χ4n) is 3.43. The maximum Gasteiger partial charge on any atom is 0.308 e. The van der Waals surface area contributed by atoms with Crippen LogP contribution in [0.2, 0.25) is 0 Å². The van der Waals surface area contributed by atoms with Gasteiger partial charge in [-0.15, -0.1) is 0 Å². The van der Waals surface area contributed by atoms with Crippen molar-refractivity contribution < 1.29 is 19.1 Å². The maximum absolute atomic E-state index is 12.7. The largest absolute Gasteiger partial charge is 0.481 e. The van der Waals surface area contributed by atoms with E-state index in [2.05, 4.69) is 0 Å². The summed E-state index contributed by atoms with van der Waals surface area (Å²) in [6, 6.07) is 1.81. The first kappa shape index (κ1) is 15.1. The van der Waals surface area contributed by atoms with E-state index in [1.807, 2.05) is 19.9 Å². The van der Waals surface area contributed by atoms with Crippen molar-refractivity contribution in [2.75, 3.05) is 13.1 Å². The van der Waals surface area contributed by atoms with E-state index in [1.165, 1.54) is 0 Å². The molecular weight excluding hydrogens is 282 g/mol. The maximum atomic E-state index is 12.7. The van der Waals surface area contributed by atoms with Crippen molar-refractivity contribution in [2.24, 2.45) is 17.8 Å². The zero-order valence-electron chi connectivity index (χ0n) is 13.3. The van der Waals surface area contributed by atoms with Crippen molar-refractivity contribution in [3.05, 3.63) is 23.2 Å². The summed E-state index contributed by atoms with van der Waals surface area (Å²) < 4.78 is 5.65. The Morgan fingerprint density at radius 3 is 2.50 bits per heavy atom. The third-order valence-electron chi connectivity index (χ3n) is 4.93. The molecule has 0 bridgehead atoms. The fourth-order valence-corrected chi connectivity index (χ4v) is 3.43. The van der Waals surface area contributed by atoms with E-state index in [0.717, 1.165) is 18.6 Å². The molecule has 2 fully saturated rings. The standard InChI is InChI=1S/C17H23NO4/c1-9(2)15-6-12(10(3)22-15)16(19)18-7-13(11-4-5-11)14(8-18)17(20)21/h6,9,11,13-14H,4-5,7-8H2,1-3H3,(H,20,21)/t13-,14+/m1/s1. The van der Waals surface area contributed by atoms with Gasteiger partial charge in [0, 0.05) is 19.0 Å². The average molecular weight is 305 g/mol. The molecule has 22 heavy (non-hydrogen) atoms. The highest BCUT2D eigenvalue weighted by Gasteiger charge is 2.47. The molecule has 2 atom stereocenters. The summed E-state index contributed by atoms with van der Waals surface area (Å²) in [7, 11) is 0. The van der Waals surface area contributed by atoms with Crippen molar-refractivity contribution in [2.45, 2.75) is 39.5 Å². The predicted molar refractivity (Wildman–Crippen MR) is 80.8 cm³/mol. The van der Waals surface area contributed by atoms with E-state index in [9.17, 15) is 14.7 Å². The van der Waals surface area contributed by atoms with Crippen LogP contribution in [0, 0.1) is 24.7 Å². The Morgan fingerprint density at radius 2 is 2.00 bits per heavy atom. The SMILES string of the molecule is Cc1oc(C(C)C)cc1C(=O)N1C[C@H](C(=O)O)[C@@H](C2CC2)C1. The first-order valence-corrected chi connectivity index (χ1v) is 8.01. The number of nitrogens with zero attached hydrogens (tertiary/aromatic N) is 1. The smallest absolute Gasteiger partial charge is 0.308 e. The molecule has 0 radical (unpaired) electrons. The average Bonchev–Trinajstić information content (AvgIpc) is 3.07. The highest BCUT2D eigenvalue weighted by molar-refractivity contribution is 5.96. The van der Waals surface area contributed by atoms with Crippen LogP contribution < -0.4 is 0 Å². The molecule has 1 aliphatic carbocycles. The molecule has 1 N–H and O–H groups in total. The van der Waals surface area contributed by atoms with Gasteiger partial charge in [0.2, 0.25) is 0 Å². The summed E-state index contributed by atoms with van der Waals surface area (Å²) in [5.74, 6) is 0.942. The van der Waals surface area contributed by atoms with Gasteiger partial charge in [-0.1, -0.05) is 13.8 Å². The van der Waals surface area contributed by atoms with Crippen LogP contribution in [0.1, 0.15) is 54.5 Å². The van der Waals surface area contributed by atoms with Crippen LogP contribution in [0.4, 0.5) is 0 Å². The number of carboxylic acid groups (broad SMARTS) is 1. The molecule has 1 saturated carbocycles. The highest BCUT2D eigenvalue weighted by atomic mass is 16.4. The van der Waals surface area contributed by atoms with Crippen LogP contribution in [-0.2, 0) is 4.79 Å². The summed E-state index contributed by atoms with van der Waals surface area (Å²) in [4.78, 5) is 25.9. The molecule has 2 aliphatic rings. The number of aryl methyl sites for hydroxylation is 1. The van der Waals surface area contributed by atoms with E-state index in [4.69, 9.17) is 4.42 Å². The first-order valence-electron chi connectivity index (χ1n) is 8.01. The molecule has 5 nitrogen and oxygen atoms in total. The molecule has 0 spiro atoms. The molecule has 120 valence electrons. The Hall–Kier alpha value is -1.78. The Morgan fingerprint density at radius 1 is 1.32 bits per heavy atom. The Bertz CT molecular complexity index is 600. The second kappa shape index (κ2) is 5.45. The number of furan rings is 1. The number of carbonyl (C=O) groups is 2. The fraction of sp³-hybridized carbons (Fsp3) is 0.647. The van der Waals surface area contributed by atoms with Crippen molar-refractivity contribution in [1.82, 2.24) is 4.90 Å². The topological polar surface area (TPSA) is 70.8 Å². The van der Waals surface area contributed by atoms with Crippen molar-refractivity contribution in [3.63, 3.8) is 0 Å². The van der Waals surface area contributed by atoms with Crippen LogP contribution in [0.15, 0.2) is 10.5 Å². The molecule has 1 aliphatic heterocycles. The third-order valence-corrected chi connectivity index (χ3v) is 4.93. The first-order chi connectivity index (χ1) is 10.4. The number of carboxylic acids is 1. The second-order valence-corrected chi connectivity index (χ2v) is 6.93. The van der Waals surface area contributed by atoms with Crippen molar-refractivity contribution in [1.29, 1.82) is 0 Å². The zero-order valence-corrected chi connectivity index (χ0v) is 13.3. The molecule has 2 heterocycles. The molecule has 0 aromatic carbocycles. The summed E-state index contributed by atoms with van der Waals surface area (Å²) >= 11 is 0. The number of carbonyl (C=O) groups excluding carboxylic acids is 1. The second-order valence-electron chi connectivity index (χ2n) is 6.93. The van der Waals surface area contributed by atoms with E-state index < -0.39 is 11.9 Å². The molecule has 1 aromatic heterocycles. The Labute approximate surface area is 130 Å². The van der Waals surface area contributed by atoms with Gasteiger partial charge in [0.05, 0.1) is 11.5 Å². The summed E-state index contributed by atoms with van der Waals surface area (Å²) in [6.45, 7) is 6.71. The predicted octanol–water partition coefficient (Wildman–Crippen LogP) is 2.89. The number of rotatable bonds is 4. The molecule has 3 rings (SSSR count). The minimum absolute atomic E-state index is 0.0949. The molecule has 0 unspecified atom stereocenters. The van der Waals surface area contributed by atoms with Gasteiger partial charge < -0.3 is 14.4 Å². The zero-order chi connectivity index (χ0) is 16.0. The minimum atomic E-state index is -0.779. The number of likely N-dealkylation sites (tertiary alicyclic amines) is 1. The number of amides is 1. The molecule has 1 aromatic rings. The summed E-state index contributed by atoms with van der Waals surface area (Å²) in [5, 5.41) is 9.41. The van der Waals surface area contributed by atoms with Gasteiger partial charge >= 0.3 is 5.97 Å². The minimum Gasteiger partial charge on any atom is -0.481 e. The van der Waals surface area contributed by atoms with Gasteiger partial charge in [0.1, 0.15) is 11.5 Å². The Balaban J connectivity index is 1.79. The lowest BCUT2D eigenvalue weighted by Gasteiger charge is -2.15. The third kappa shape index (κ3) is 2.64. The molecular formula is C17H23NO4. The van der Waals surface area contributed by atoms with Crippen LogP contribution in [0.3, 0.4) is 0 Å². The van der Waals surface area contributed by atoms with Crippen LogP contribution in [0.5, 0.6) is 0 Å². The van der Waals surface area contributed by atoms with Gasteiger partial charge in [-0.05, 0) is 37.7 Å². The quantitative estimate of drug-likeness (QED) is 0.928. The monoisotopic (exact) mass is 305 g/mol. The molecule has 1 saturated heterocycles. The lowest BCUT2D eigenvalue weighted by molar-refractivity contribution is -0.142. The van der Waals surface area contributed by atoms with Gasteiger partial charge in [-0.25, -0.2) is 0 Å². The lowest BCUT2D eigenvalue weighted by atomic mass is 9.92. The highest BCUT2D eigenvalue weighted by Crippen LogP contribution is 2.44. The molecule has 5 heteroatoms. The van der Waals surface area contributed by atoms with Gasteiger partial charge in [-0.3, -0.25) is 9.59 Å².